The van der Waals surface area contributed by atoms with Gasteiger partial charge in [0.25, 0.3) is 0 Å². The van der Waals surface area contributed by atoms with E-state index in [1.54, 1.807) is 0 Å². The Kier molecular flexibility index (Phi) is 3.99. The Balaban J connectivity index is 1.79. The zero-order valence-corrected chi connectivity index (χ0v) is 11.8. The molecule has 18 heavy (non-hydrogen) atoms. The molecule has 1 saturated heterocycles. The Labute approximate surface area is 117 Å². The second-order valence-corrected chi connectivity index (χ2v) is 7.20. The van der Waals surface area contributed by atoms with Crippen LogP contribution in [-0.2, 0) is 8.82 Å². The van der Waals surface area contributed by atoms with Crippen LogP contribution in [0.4, 0.5) is 0 Å². The van der Waals surface area contributed by atoms with Gasteiger partial charge in [-0.2, -0.15) is 0 Å². The van der Waals surface area contributed by atoms with Crippen LogP contribution in [-0.4, -0.2) is 25.8 Å². The molecule has 2 aliphatic heterocycles. The first-order chi connectivity index (χ1) is 8.89. The fraction of sp³-hybridized carbons (Fsp3) is 0.429. The highest BCUT2D eigenvalue weighted by molar-refractivity contribution is 8.22. The van der Waals surface area contributed by atoms with E-state index in [9.17, 15) is 0 Å². The van der Waals surface area contributed by atoms with E-state index in [0.29, 0.717) is 6.10 Å². The topological polar surface area (TPSA) is 21.3 Å². The average molecular weight is 279 g/mol. The van der Waals surface area contributed by atoms with Crippen molar-refractivity contribution in [3.05, 3.63) is 46.7 Å². The lowest BCUT2D eigenvalue weighted by Crippen LogP contribution is -2.41. The first-order valence-electron chi connectivity index (χ1n) is 6.28. The number of thioether (sulfide) groups is 2. The highest BCUT2D eigenvalue weighted by atomic mass is 32.2. The first-order valence-corrected chi connectivity index (χ1v) is 8.03. The van der Waals surface area contributed by atoms with Crippen molar-refractivity contribution in [2.75, 3.05) is 19.7 Å². The summed E-state index contributed by atoms with van der Waals surface area (Å²) in [4.78, 5) is 0. The van der Waals surface area contributed by atoms with Gasteiger partial charge in [-0.15, -0.1) is 23.5 Å². The van der Waals surface area contributed by atoms with Gasteiger partial charge in [0.15, 0.2) is 0 Å². The van der Waals surface area contributed by atoms with Gasteiger partial charge in [-0.1, -0.05) is 30.3 Å². The largest absolute Gasteiger partial charge is 0.375 e. The lowest BCUT2D eigenvalue weighted by atomic mass is 10.0. The SMILES string of the molecule is C1=CSC(CC2CNCCO2)(c2ccccc2)S1. The molecule has 0 bridgehead atoms. The maximum Gasteiger partial charge on any atom is 0.0966 e. The van der Waals surface area contributed by atoms with Crippen LogP contribution in [0, 0.1) is 0 Å². The van der Waals surface area contributed by atoms with Gasteiger partial charge in [-0.25, -0.2) is 0 Å². The lowest BCUT2D eigenvalue weighted by molar-refractivity contribution is 0.0218. The highest BCUT2D eigenvalue weighted by Gasteiger charge is 2.38. The molecular weight excluding hydrogens is 262 g/mol. The van der Waals surface area contributed by atoms with Crippen molar-refractivity contribution >= 4 is 23.5 Å². The van der Waals surface area contributed by atoms with Gasteiger partial charge in [0.2, 0.25) is 0 Å². The van der Waals surface area contributed by atoms with Crippen LogP contribution in [0.1, 0.15) is 12.0 Å². The van der Waals surface area contributed by atoms with E-state index < -0.39 is 0 Å². The van der Waals surface area contributed by atoms with Gasteiger partial charge in [0, 0.05) is 19.5 Å². The van der Waals surface area contributed by atoms with E-state index in [-0.39, 0.29) is 4.08 Å². The predicted molar refractivity (Wildman–Crippen MR) is 79.7 cm³/mol. The summed E-state index contributed by atoms with van der Waals surface area (Å²) < 4.78 is 5.97. The van der Waals surface area contributed by atoms with Gasteiger partial charge in [-0.05, 0) is 16.4 Å². The van der Waals surface area contributed by atoms with Crippen LogP contribution in [0.15, 0.2) is 41.1 Å². The van der Waals surface area contributed by atoms with Crippen molar-refractivity contribution in [1.82, 2.24) is 5.32 Å². The van der Waals surface area contributed by atoms with Crippen molar-refractivity contribution < 1.29 is 4.74 Å². The van der Waals surface area contributed by atoms with Crippen LogP contribution in [0.25, 0.3) is 0 Å². The normalized spacial score (nSPS) is 26.3. The van der Waals surface area contributed by atoms with Crippen molar-refractivity contribution in [2.45, 2.75) is 16.6 Å². The highest BCUT2D eigenvalue weighted by Crippen LogP contribution is 2.55. The van der Waals surface area contributed by atoms with E-state index in [1.165, 1.54) is 5.56 Å². The molecule has 1 fully saturated rings. The average Bonchev–Trinajstić information content (AvgIpc) is 2.91. The maximum atomic E-state index is 5.87. The number of hydrogen-bond acceptors (Lipinski definition) is 4. The minimum absolute atomic E-state index is 0.102. The quantitative estimate of drug-likeness (QED) is 0.917. The summed E-state index contributed by atoms with van der Waals surface area (Å²) in [6.07, 6.45) is 1.37. The monoisotopic (exact) mass is 279 g/mol. The van der Waals surface area contributed by atoms with Gasteiger partial charge >= 0.3 is 0 Å². The maximum absolute atomic E-state index is 5.87. The number of benzene rings is 1. The second-order valence-electron chi connectivity index (χ2n) is 4.53. The number of morpholine rings is 1. The Hall–Kier alpha value is -0.420. The molecule has 0 aliphatic carbocycles. The number of ether oxygens (including phenoxy) is 1. The molecule has 0 spiro atoms. The molecule has 1 unspecified atom stereocenters. The third-order valence-electron chi connectivity index (χ3n) is 3.29. The molecule has 2 aliphatic rings. The van der Waals surface area contributed by atoms with E-state index in [2.05, 4.69) is 46.5 Å². The van der Waals surface area contributed by atoms with Gasteiger partial charge in [-0.3, -0.25) is 0 Å². The molecule has 1 atom stereocenters. The molecule has 2 nitrogen and oxygen atoms in total. The smallest absolute Gasteiger partial charge is 0.0966 e. The molecule has 0 aromatic heterocycles. The zero-order valence-electron chi connectivity index (χ0n) is 10.2. The summed E-state index contributed by atoms with van der Waals surface area (Å²) in [5, 5.41) is 7.82. The fourth-order valence-electron chi connectivity index (χ4n) is 2.40. The summed E-state index contributed by atoms with van der Waals surface area (Å²) in [6, 6.07) is 10.8. The molecule has 4 heteroatoms. The predicted octanol–water partition coefficient (Wildman–Crippen LogP) is 3.17. The molecular formula is C14H17NOS2. The molecule has 1 aromatic carbocycles. The number of nitrogens with one attached hydrogen (secondary N) is 1. The van der Waals surface area contributed by atoms with E-state index in [0.717, 1.165) is 26.1 Å². The van der Waals surface area contributed by atoms with Crippen molar-refractivity contribution in [2.24, 2.45) is 0 Å². The Morgan fingerprint density at radius 2 is 2.00 bits per heavy atom. The summed E-state index contributed by atoms with van der Waals surface area (Å²) in [6.45, 7) is 2.78. The van der Waals surface area contributed by atoms with Crippen LogP contribution in [0.5, 0.6) is 0 Å². The lowest BCUT2D eigenvalue weighted by Gasteiger charge is -2.33. The summed E-state index contributed by atoms with van der Waals surface area (Å²) >= 11 is 3.82. The molecule has 96 valence electrons. The third kappa shape index (κ3) is 2.62. The molecule has 0 radical (unpaired) electrons. The summed E-state index contributed by atoms with van der Waals surface area (Å²) in [5.74, 6) is 0. The van der Waals surface area contributed by atoms with Crippen molar-refractivity contribution in [3.8, 4) is 0 Å². The van der Waals surface area contributed by atoms with Crippen LogP contribution < -0.4 is 5.32 Å². The summed E-state index contributed by atoms with van der Waals surface area (Å²) in [7, 11) is 0. The van der Waals surface area contributed by atoms with Crippen LogP contribution in [0.2, 0.25) is 0 Å². The number of hydrogen-bond donors (Lipinski definition) is 1. The third-order valence-corrected chi connectivity index (χ3v) is 6.15. The molecule has 2 heterocycles. The zero-order chi connectivity index (χ0) is 12.3. The van der Waals surface area contributed by atoms with Crippen LogP contribution >= 0.6 is 23.5 Å². The molecule has 0 saturated carbocycles. The fourth-order valence-corrected chi connectivity index (χ4v) is 4.94. The Bertz CT molecular complexity index is 407. The Morgan fingerprint density at radius 1 is 1.22 bits per heavy atom. The van der Waals surface area contributed by atoms with Crippen LogP contribution in [0.3, 0.4) is 0 Å². The first kappa shape index (κ1) is 12.6. The van der Waals surface area contributed by atoms with Gasteiger partial charge in [0.05, 0.1) is 16.8 Å². The van der Waals surface area contributed by atoms with E-state index >= 15 is 0 Å². The minimum Gasteiger partial charge on any atom is -0.375 e. The van der Waals surface area contributed by atoms with Crippen molar-refractivity contribution in [3.63, 3.8) is 0 Å². The van der Waals surface area contributed by atoms with Gasteiger partial charge in [0.1, 0.15) is 0 Å². The van der Waals surface area contributed by atoms with E-state index in [1.807, 2.05) is 23.5 Å². The number of rotatable bonds is 3. The molecule has 3 rings (SSSR count). The minimum atomic E-state index is 0.102. The standard InChI is InChI=1S/C14H17NOS2/c1-2-4-12(5-3-1)14(17-8-9-18-14)10-13-11-15-6-7-16-13/h1-5,8-9,13,15H,6-7,10-11H2. The summed E-state index contributed by atoms with van der Waals surface area (Å²) in [5.41, 5.74) is 1.39. The molecule has 1 N–H and O–H groups in total. The molecule has 1 aromatic rings. The second kappa shape index (κ2) is 5.70. The Morgan fingerprint density at radius 3 is 2.67 bits per heavy atom. The molecule has 0 amide bonds. The van der Waals surface area contributed by atoms with Gasteiger partial charge < -0.3 is 10.1 Å². The van der Waals surface area contributed by atoms with E-state index in [4.69, 9.17) is 4.74 Å². The van der Waals surface area contributed by atoms with Crippen molar-refractivity contribution in [1.29, 1.82) is 0 Å².